The number of amides is 1. The van der Waals surface area contributed by atoms with Gasteiger partial charge < -0.3 is 14.8 Å². The van der Waals surface area contributed by atoms with Crippen LogP contribution in [-0.2, 0) is 11.2 Å². The zero-order chi connectivity index (χ0) is 19.1. The Bertz CT molecular complexity index is 917. The molecule has 5 nitrogen and oxygen atoms in total. The molecule has 0 unspecified atom stereocenters. The molecule has 3 rings (SSSR count). The molecule has 1 N–H and O–H groups in total. The molecule has 0 aliphatic heterocycles. The van der Waals surface area contributed by atoms with E-state index in [1.54, 1.807) is 18.4 Å². The lowest BCUT2D eigenvalue weighted by Gasteiger charge is -2.11. The highest BCUT2D eigenvalue weighted by Gasteiger charge is 2.09. The standard InChI is InChI=1S/C21H22N2O3S/c1-3-6-15-9-10-17(18(13-15)25-2)26-14-20(24)22-12-11-21-23-16-7-4-5-8-19(16)27-21/h3-10,13H,11-12,14H2,1-2H3,(H,22,24)/b6-3+. The van der Waals surface area contributed by atoms with E-state index in [1.807, 2.05) is 55.5 Å². The summed E-state index contributed by atoms with van der Waals surface area (Å²) in [7, 11) is 1.58. The van der Waals surface area contributed by atoms with Gasteiger partial charge in [0, 0.05) is 13.0 Å². The van der Waals surface area contributed by atoms with E-state index in [-0.39, 0.29) is 12.5 Å². The van der Waals surface area contributed by atoms with Crippen LogP contribution < -0.4 is 14.8 Å². The number of hydrogen-bond donors (Lipinski definition) is 1. The van der Waals surface area contributed by atoms with Crippen molar-refractivity contribution in [3.63, 3.8) is 0 Å². The van der Waals surface area contributed by atoms with E-state index in [2.05, 4.69) is 16.4 Å². The molecule has 0 fully saturated rings. The molecule has 0 aliphatic rings. The second-order valence-corrected chi connectivity index (χ2v) is 6.99. The molecule has 2 aromatic carbocycles. The molecule has 140 valence electrons. The molecule has 1 heterocycles. The predicted molar refractivity (Wildman–Crippen MR) is 110 cm³/mol. The molecule has 27 heavy (non-hydrogen) atoms. The van der Waals surface area contributed by atoms with Gasteiger partial charge in [-0.25, -0.2) is 4.98 Å². The molecule has 0 saturated heterocycles. The lowest BCUT2D eigenvalue weighted by atomic mass is 10.2. The summed E-state index contributed by atoms with van der Waals surface area (Å²) in [6.07, 6.45) is 4.63. The number of para-hydroxylation sites is 1. The number of benzene rings is 2. The topological polar surface area (TPSA) is 60.5 Å². The summed E-state index contributed by atoms with van der Waals surface area (Å²) in [4.78, 5) is 16.6. The summed E-state index contributed by atoms with van der Waals surface area (Å²) < 4.78 is 12.1. The number of methoxy groups -OCH3 is 1. The maximum Gasteiger partial charge on any atom is 0.257 e. The zero-order valence-corrected chi connectivity index (χ0v) is 16.2. The van der Waals surface area contributed by atoms with Crippen LogP contribution in [0.3, 0.4) is 0 Å². The third-order valence-electron chi connectivity index (χ3n) is 3.90. The van der Waals surface area contributed by atoms with Gasteiger partial charge in [0.05, 0.1) is 22.3 Å². The number of hydrogen-bond acceptors (Lipinski definition) is 5. The Morgan fingerprint density at radius 3 is 2.85 bits per heavy atom. The van der Waals surface area contributed by atoms with E-state index in [9.17, 15) is 4.79 Å². The van der Waals surface area contributed by atoms with Crippen LogP contribution >= 0.6 is 11.3 Å². The zero-order valence-electron chi connectivity index (χ0n) is 15.4. The minimum atomic E-state index is -0.171. The van der Waals surface area contributed by atoms with Crippen molar-refractivity contribution < 1.29 is 14.3 Å². The first-order valence-corrected chi connectivity index (χ1v) is 9.56. The fourth-order valence-electron chi connectivity index (χ4n) is 2.63. The molecule has 0 atom stereocenters. The second-order valence-electron chi connectivity index (χ2n) is 5.87. The van der Waals surface area contributed by atoms with Crippen molar-refractivity contribution in [1.29, 1.82) is 0 Å². The molecule has 0 spiro atoms. The van der Waals surface area contributed by atoms with Crippen LogP contribution in [0.5, 0.6) is 11.5 Å². The summed E-state index contributed by atoms with van der Waals surface area (Å²) >= 11 is 1.65. The highest BCUT2D eigenvalue weighted by atomic mass is 32.1. The van der Waals surface area contributed by atoms with Gasteiger partial charge >= 0.3 is 0 Å². The first-order chi connectivity index (χ1) is 13.2. The van der Waals surface area contributed by atoms with Crippen molar-refractivity contribution in [2.75, 3.05) is 20.3 Å². The molecule has 0 aliphatic carbocycles. The van der Waals surface area contributed by atoms with Crippen LogP contribution in [0.1, 0.15) is 17.5 Å². The van der Waals surface area contributed by atoms with Crippen molar-refractivity contribution in [1.82, 2.24) is 10.3 Å². The predicted octanol–water partition coefficient (Wildman–Crippen LogP) is 4.08. The lowest BCUT2D eigenvalue weighted by Crippen LogP contribution is -2.30. The average molecular weight is 382 g/mol. The van der Waals surface area contributed by atoms with Gasteiger partial charge in [-0.2, -0.15) is 0 Å². The lowest BCUT2D eigenvalue weighted by molar-refractivity contribution is -0.123. The van der Waals surface area contributed by atoms with Gasteiger partial charge in [0.15, 0.2) is 18.1 Å². The van der Waals surface area contributed by atoms with Gasteiger partial charge in [-0.05, 0) is 36.8 Å². The number of allylic oxidation sites excluding steroid dienone is 1. The first-order valence-electron chi connectivity index (χ1n) is 8.74. The van der Waals surface area contributed by atoms with Crippen molar-refractivity contribution in [2.45, 2.75) is 13.3 Å². The number of thiazole rings is 1. The summed E-state index contributed by atoms with van der Waals surface area (Å²) in [5, 5.41) is 3.88. The molecule has 0 radical (unpaired) electrons. The second kappa shape index (κ2) is 9.19. The average Bonchev–Trinajstić information content (AvgIpc) is 3.10. The Kier molecular flexibility index (Phi) is 6.44. The van der Waals surface area contributed by atoms with Crippen LogP contribution in [0.2, 0.25) is 0 Å². The highest BCUT2D eigenvalue weighted by molar-refractivity contribution is 7.18. The fraction of sp³-hybridized carbons (Fsp3) is 0.238. The van der Waals surface area contributed by atoms with Gasteiger partial charge in [-0.3, -0.25) is 4.79 Å². The maximum atomic E-state index is 12.0. The number of ether oxygens (including phenoxy) is 2. The molecule has 6 heteroatoms. The Morgan fingerprint density at radius 2 is 2.07 bits per heavy atom. The highest BCUT2D eigenvalue weighted by Crippen LogP contribution is 2.28. The number of carbonyl (C=O) groups is 1. The molecule has 1 aromatic heterocycles. The summed E-state index contributed by atoms with van der Waals surface area (Å²) in [6, 6.07) is 13.6. The van der Waals surface area contributed by atoms with E-state index < -0.39 is 0 Å². The maximum absolute atomic E-state index is 12.0. The van der Waals surface area contributed by atoms with Crippen LogP contribution in [-0.4, -0.2) is 31.2 Å². The van der Waals surface area contributed by atoms with Gasteiger partial charge in [-0.1, -0.05) is 30.4 Å². The van der Waals surface area contributed by atoms with E-state index in [0.29, 0.717) is 24.5 Å². The summed E-state index contributed by atoms with van der Waals surface area (Å²) in [5.74, 6) is 0.982. The van der Waals surface area contributed by atoms with E-state index in [1.165, 1.54) is 0 Å². The number of rotatable bonds is 8. The first kappa shape index (κ1) is 18.9. The van der Waals surface area contributed by atoms with Crippen molar-refractivity contribution in [2.24, 2.45) is 0 Å². The number of aromatic nitrogens is 1. The number of nitrogens with zero attached hydrogens (tertiary/aromatic N) is 1. The van der Waals surface area contributed by atoms with Crippen LogP contribution in [0.15, 0.2) is 48.5 Å². The van der Waals surface area contributed by atoms with E-state index in [0.717, 1.165) is 20.8 Å². The van der Waals surface area contributed by atoms with Crippen molar-refractivity contribution in [3.8, 4) is 11.5 Å². The minimum Gasteiger partial charge on any atom is -0.493 e. The minimum absolute atomic E-state index is 0.0564. The smallest absolute Gasteiger partial charge is 0.257 e. The van der Waals surface area contributed by atoms with Crippen molar-refractivity contribution in [3.05, 3.63) is 59.1 Å². The van der Waals surface area contributed by atoms with Crippen LogP contribution in [0.25, 0.3) is 16.3 Å². The molecular weight excluding hydrogens is 360 g/mol. The Morgan fingerprint density at radius 1 is 1.22 bits per heavy atom. The normalized spacial score (nSPS) is 11.0. The third kappa shape index (κ3) is 5.08. The van der Waals surface area contributed by atoms with Gasteiger partial charge in [0.25, 0.3) is 5.91 Å². The van der Waals surface area contributed by atoms with Crippen LogP contribution in [0.4, 0.5) is 0 Å². The Labute approximate surface area is 162 Å². The number of nitrogens with one attached hydrogen (secondary N) is 1. The quantitative estimate of drug-likeness (QED) is 0.638. The van der Waals surface area contributed by atoms with Gasteiger partial charge in [0.1, 0.15) is 0 Å². The van der Waals surface area contributed by atoms with Crippen LogP contribution in [0, 0.1) is 0 Å². The largest absolute Gasteiger partial charge is 0.493 e. The van der Waals surface area contributed by atoms with Gasteiger partial charge in [0.2, 0.25) is 0 Å². The SMILES string of the molecule is C/C=C/c1ccc(OCC(=O)NCCc2nc3ccccc3s2)c(OC)c1. The molecule has 0 saturated carbocycles. The summed E-state index contributed by atoms with van der Waals surface area (Å²) in [6.45, 7) is 2.42. The van der Waals surface area contributed by atoms with Crippen molar-refractivity contribution >= 4 is 33.5 Å². The number of carbonyl (C=O) groups excluding carboxylic acids is 1. The molecule has 3 aromatic rings. The molecule has 0 bridgehead atoms. The van der Waals surface area contributed by atoms with Gasteiger partial charge in [-0.15, -0.1) is 11.3 Å². The monoisotopic (exact) mass is 382 g/mol. The van der Waals surface area contributed by atoms with E-state index >= 15 is 0 Å². The molecule has 1 amide bonds. The third-order valence-corrected chi connectivity index (χ3v) is 5.00. The Hall–Kier alpha value is -2.86. The Balaban J connectivity index is 1.48. The van der Waals surface area contributed by atoms with E-state index in [4.69, 9.17) is 9.47 Å². The molecular formula is C21H22N2O3S. The fourth-order valence-corrected chi connectivity index (χ4v) is 3.60. The summed E-state index contributed by atoms with van der Waals surface area (Å²) in [5.41, 5.74) is 2.02. The number of fused-ring (bicyclic) bond motifs is 1.